The first kappa shape index (κ1) is 18.0. The molecule has 1 aliphatic rings. The summed E-state index contributed by atoms with van der Waals surface area (Å²) in [5.41, 5.74) is 2.23. The normalized spacial score (nSPS) is 13.4. The molecule has 1 aromatic heterocycles. The number of thiophene rings is 1. The first-order chi connectivity index (χ1) is 12.9. The molecule has 0 unspecified atom stereocenters. The number of fused-ring (bicyclic) bond motifs is 1. The molecular formula is C19H15ClN2O3S2. The van der Waals surface area contributed by atoms with E-state index in [1.807, 2.05) is 11.4 Å². The Bertz CT molecular complexity index is 1090. The number of halogens is 1. The number of anilines is 2. The molecule has 8 heteroatoms. The van der Waals surface area contributed by atoms with Crippen molar-refractivity contribution >= 4 is 50.2 Å². The second kappa shape index (κ2) is 6.99. The van der Waals surface area contributed by atoms with Gasteiger partial charge < -0.3 is 4.90 Å². The lowest BCUT2D eigenvalue weighted by Crippen LogP contribution is -2.28. The minimum absolute atomic E-state index is 0.0294. The summed E-state index contributed by atoms with van der Waals surface area (Å²) in [5, 5.41) is 2.35. The molecule has 2 aromatic carbocycles. The Labute approximate surface area is 166 Å². The lowest BCUT2D eigenvalue weighted by atomic mass is 10.1. The van der Waals surface area contributed by atoms with Gasteiger partial charge in [-0.3, -0.25) is 9.52 Å². The Kier molecular flexibility index (Phi) is 4.67. The lowest BCUT2D eigenvalue weighted by molar-refractivity contribution is 0.0993. The first-order valence-corrected chi connectivity index (χ1v) is 10.9. The van der Waals surface area contributed by atoms with E-state index in [-0.39, 0.29) is 10.8 Å². The van der Waals surface area contributed by atoms with Gasteiger partial charge in [0.2, 0.25) is 0 Å². The molecule has 0 spiro atoms. The lowest BCUT2D eigenvalue weighted by Gasteiger charge is -2.17. The van der Waals surface area contributed by atoms with Crippen LogP contribution >= 0.6 is 22.9 Å². The molecule has 2 heterocycles. The zero-order chi connectivity index (χ0) is 19.0. The molecule has 0 bridgehead atoms. The SMILES string of the molecule is O=C(c1cccs1)N1CCc2cc(NS(=O)(=O)c3ccc(Cl)cc3)ccc21. The van der Waals surface area contributed by atoms with Gasteiger partial charge in [0.05, 0.1) is 9.77 Å². The number of hydrogen-bond donors (Lipinski definition) is 1. The van der Waals surface area contributed by atoms with E-state index in [4.69, 9.17) is 11.6 Å². The molecule has 1 aliphatic heterocycles. The summed E-state index contributed by atoms with van der Waals surface area (Å²) in [7, 11) is -3.70. The van der Waals surface area contributed by atoms with Crippen LogP contribution in [0.3, 0.4) is 0 Å². The Morgan fingerprint density at radius 1 is 1.11 bits per heavy atom. The van der Waals surface area contributed by atoms with Crippen molar-refractivity contribution in [2.75, 3.05) is 16.2 Å². The number of carbonyl (C=O) groups is 1. The fraction of sp³-hybridized carbons (Fsp3) is 0.105. The van der Waals surface area contributed by atoms with Crippen molar-refractivity contribution in [2.24, 2.45) is 0 Å². The minimum atomic E-state index is -3.70. The average Bonchev–Trinajstić information content (AvgIpc) is 3.31. The molecule has 138 valence electrons. The van der Waals surface area contributed by atoms with Crippen LogP contribution in [0.1, 0.15) is 15.2 Å². The highest BCUT2D eigenvalue weighted by Crippen LogP contribution is 2.33. The van der Waals surface area contributed by atoms with Crippen molar-refractivity contribution in [3.05, 3.63) is 75.4 Å². The number of nitrogens with one attached hydrogen (secondary N) is 1. The van der Waals surface area contributed by atoms with Crippen molar-refractivity contribution < 1.29 is 13.2 Å². The zero-order valence-corrected chi connectivity index (χ0v) is 16.4. The van der Waals surface area contributed by atoms with Gasteiger partial charge >= 0.3 is 0 Å². The van der Waals surface area contributed by atoms with Crippen molar-refractivity contribution in [1.82, 2.24) is 0 Å². The Hall–Kier alpha value is -2.35. The summed E-state index contributed by atoms with van der Waals surface area (Å²) in [6.45, 7) is 0.583. The summed E-state index contributed by atoms with van der Waals surface area (Å²) >= 11 is 7.23. The maximum Gasteiger partial charge on any atom is 0.268 e. The molecule has 1 N–H and O–H groups in total. The second-order valence-electron chi connectivity index (χ2n) is 6.09. The molecule has 0 saturated carbocycles. The molecule has 0 aliphatic carbocycles. The van der Waals surface area contributed by atoms with Gasteiger partial charge in [-0.2, -0.15) is 0 Å². The van der Waals surface area contributed by atoms with Gasteiger partial charge in [0, 0.05) is 22.9 Å². The maximum absolute atomic E-state index is 12.6. The third-order valence-electron chi connectivity index (χ3n) is 4.33. The standard InChI is InChI=1S/C19H15ClN2O3S2/c20-14-3-6-16(7-4-14)27(24,25)21-15-5-8-17-13(12-15)9-10-22(17)19(23)18-2-1-11-26-18/h1-8,11-12,21H,9-10H2. The van der Waals surface area contributed by atoms with Crippen LogP contribution in [0.2, 0.25) is 5.02 Å². The molecule has 3 aromatic rings. The van der Waals surface area contributed by atoms with Crippen LogP contribution in [0.25, 0.3) is 0 Å². The van der Waals surface area contributed by atoms with Gasteiger partial charge in [-0.05, 0) is 65.9 Å². The van der Waals surface area contributed by atoms with Crippen molar-refractivity contribution in [2.45, 2.75) is 11.3 Å². The zero-order valence-electron chi connectivity index (χ0n) is 14.1. The third kappa shape index (κ3) is 3.58. The van der Waals surface area contributed by atoms with E-state index in [1.54, 1.807) is 29.2 Å². The van der Waals surface area contributed by atoms with Gasteiger partial charge in [-0.1, -0.05) is 17.7 Å². The molecule has 0 atom stereocenters. The number of hydrogen-bond acceptors (Lipinski definition) is 4. The van der Waals surface area contributed by atoms with E-state index < -0.39 is 10.0 Å². The first-order valence-electron chi connectivity index (χ1n) is 8.21. The van der Waals surface area contributed by atoms with E-state index >= 15 is 0 Å². The monoisotopic (exact) mass is 418 g/mol. The summed E-state index contributed by atoms with van der Waals surface area (Å²) in [6.07, 6.45) is 0.683. The molecule has 0 radical (unpaired) electrons. The number of benzene rings is 2. The van der Waals surface area contributed by atoms with Crippen LogP contribution in [-0.2, 0) is 16.4 Å². The topological polar surface area (TPSA) is 66.5 Å². The number of carbonyl (C=O) groups excluding carboxylic acids is 1. The van der Waals surface area contributed by atoms with Gasteiger partial charge in [0.15, 0.2) is 0 Å². The second-order valence-corrected chi connectivity index (χ2v) is 9.15. The number of rotatable bonds is 4. The molecule has 4 rings (SSSR count). The predicted octanol–water partition coefficient (Wildman–Crippen LogP) is 4.41. The van der Waals surface area contributed by atoms with Gasteiger partial charge in [-0.15, -0.1) is 11.3 Å². The highest BCUT2D eigenvalue weighted by molar-refractivity contribution is 7.92. The minimum Gasteiger partial charge on any atom is -0.307 e. The molecule has 0 saturated heterocycles. The third-order valence-corrected chi connectivity index (χ3v) is 6.84. The van der Waals surface area contributed by atoms with Crippen LogP contribution in [0, 0.1) is 0 Å². The van der Waals surface area contributed by atoms with Crippen LogP contribution in [0.15, 0.2) is 64.9 Å². The Balaban J connectivity index is 1.57. The predicted molar refractivity (Wildman–Crippen MR) is 108 cm³/mol. The fourth-order valence-electron chi connectivity index (χ4n) is 3.04. The number of nitrogens with zero attached hydrogens (tertiary/aromatic N) is 1. The average molecular weight is 419 g/mol. The van der Waals surface area contributed by atoms with E-state index in [2.05, 4.69) is 4.72 Å². The largest absolute Gasteiger partial charge is 0.307 e. The highest BCUT2D eigenvalue weighted by atomic mass is 35.5. The fourth-order valence-corrected chi connectivity index (χ4v) is 4.88. The van der Waals surface area contributed by atoms with E-state index in [9.17, 15) is 13.2 Å². The van der Waals surface area contributed by atoms with E-state index in [1.165, 1.54) is 35.6 Å². The molecule has 1 amide bonds. The highest BCUT2D eigenvalue weighted by Gasteiger charge is 2.26. The molecule has 5 nitrogen and oxygen atoms in total. The number of amides is 1. The van der Waals surface area contributed by atoms with E-state index in [0.29, 0.717) is 28.6 Å². The summed E-state index contributed by atoms with van der Waals surface area (Å²) in [5.74, 6) is -0.0294. The molecular weight excluding hydrogens is 404 g/mol. The van der Waals surface area contributed by atoms with Crippen molar-refractivity contribution in [1.29, 1.82) is 0 Å². The van der Waals surface area contributed by atoms with Crippen LogP contribution < -0.4 is 9.62 Å². The van der Waals surface area contributed by atoms with Gasteiger partial charge in [0.1, 0.15) is 0 Å². The van der Waals surface area contributed by atoms with Crippen LogP contribution in [0.5, 0.6) is 0 Å². The van der Waals surface area contributed by atoms with Gasteiger partial charge in [-0.25, -0.2) is 8.42 Å². The molecule has 0 fully saturated rings. The van der Waals surface area contributed by atoms with Crippen LogP contribution in [0.4, 0.5) is 11.4 Å². The van der Waals surface area contributed by atoms with Gasteiger partial charge in [0.25, 0.3) is 15.9 Å². The Morgan fingerprint density at radius 3 is 2.59 bits per heavy atom. The summed E-state index contributed by atoms with van der Waals surface area (Å²) < 4.78 is 27.6. The maximum atomic E-state index is 12.6. The summed E-state index contributed by atoms with van der Waals surface area (Å²) in [4.78, 5) is 15.2. The Morgan fingerprint density at radius 2 is 1.89 bits per heavy atom. The quantitative estimate of drug-likeness (QED) is 0.682. The summed E-state index contributed by atoms with van der Waals surface area (Å²) in [6, 6.07) is 14.9. The van der Waals surface area contributed by atoms with Crippen molar-refractivity contribution in [3.63, 3.8) is 0 Å². The molecule has 27 heavy (non-hydrogen) atoms. The number of sulfonamides is 1. The van der Waals surface area contributed by atoms with Crippen molar-refractivity contribution in [3.8, 4) is 0 Å². The smallest absolute Gasteiger partial charge is 0.268 e. The van der Waals surface area contributed by atoms with Crippen LogP contribution in [-0.4, -0.2) is 20.9 Å². The van der Waals surface area contributed by atoms with E-state index in [0.717, 1.165) is 11.3 Å².